The van der Waals surface area contributed by atoms with Crippen molar-refractivity contribution in [1.29, 1.82) is 0 Å². The second-order valence-electron chi connectivity index (χ2n) is 12.6. The van der Waals surface area contributed by atoms with Gasteiger partial charge in [0.15, 0.2) is 0 Å². The van der Waals surface area contributed by atoms with Crippen LogP contribution in [0.1, 0.15) is 73.4 Å². The molecule has 2 aromatic carbocycles. The number of sulfonamides is 1. The van der Waals surface area contributed by atoms with Crippen LogP contribution in [-0.2, 0) is 26.7 Å². The molecule has 0 unspecified atom stereocenters. The first-order chi connectivity index (χ1) is 19.7. The third kappa shape index (κ3) is 4.88. The van der Waals surface area contributed by atoms with E-state index < -0.39 is 21.2 Å². The first-order valence-corrected chi connectivity index (χ1v) is 16.7. The van der Waals surface area contributed by atoms with Crippen LogP contribution in [0, 0.1) is 11.8 Å². The number of anilines is 1. The van der Waals surface area contributed by atoms with Crippen molar-refractivity contribution in [3.05, 3.63) is 58.1 Å². The quantitative estimate of drug-likeness (QED) is 0.447. The van der Waals surface area contributed by atoms with E-state index in [0.29, 0.717) is 36.8 Å². The SMILES string of the molecule is C[C@@H]1CCC2=NO[C@@H](C2)[C@@H]2CC[C@H]2CN2C[C@@]3(CCCc4cc(Cl)ccc43)COc3ccc(cc32)C(=O)NS1(=O)=O. The minimum Gasteiger partial charge on any atom is -0.490 e. The molecule has 4 bridgehead atoms. The van der Waals surface area contributed by atoms with E-state index in [1.54, 1.807) is 13.0 Å². The topological polar surface area (TPSA) is 97.3 Å². The van der Waals surface area contributed by atoms with Crippen LogP contribution in [0.25, 0.3) is 0 Å². The Labute approximate surface area is 246 Å². The van der Waals surface area contributed by atoms with Crippen LogP contribution >= 0.6 is 11.6 Å². The average molecular weight is 598 g/mol. The molecule has 3 aliphatic heterocycles. The van der Waals surface area contributed by atoms with E-state index in [0.717, 1.165) is 73.8 Å². The van der Waals surface area contributed by atoms with Crippen molar-refractivity contribution in [2.75, 3.05) is 24.6 Å². The summed E-state index contributed by atoms with van der Waals surface area (Å²) in [5.41, 5.74) is 4.39. The molecule has 5 aliphatic rings. The van der Waals surface area contributed by atoms with Gasteiger partial charge in [-0.2, -0.15) is 0 Å². The number of ether oxygens (including phenoxy) is 1. The van der Waals surface area contributed by atoms with E-state index >= 15 is 0 Å². The molecule has 0 radical (unpaired) electrons. The Morgan fingerprint density at radius 1 is 1.12 bits per heavy atom. The summed E-state index contributed by atoms with van der Waals surface area (Å²) in [5.74, 6) is 0.912. The Hall–Kier alpha value is -2.78. The molecule has 0 saturated heterocycles. The van der Waals surface area contributed by atoms with E-state index in [2.05, 4.69) is 26.9 Å². The van der Waals surface area contributed by atoms with Gasteiger partial charge >= 0.3 is 0 Å². The molecule has 1 N–H and O–H groups in total. The Bertz CT molecular complexity index is 1530. The monoisotopic (exact) mass is 597 g/mol. The first kappa shape index (κ1) is 27.1. The lowest BCUT2D eigenvalue weighted by molar-refractivity contribution is -0.0213. The molecule has 3 heterocycles. The summed E-state index contributed by atoms with van der Waals surface area (Å²) in [6.07, 6.45) is 6.93. The number of rotatable bonds is 0. The molecule has 41 heavy (non-hydrogen) atoms. The van der Waals surface area contributed by atoms with E-state index in [1.807, 2.05) is 18.2 Å². The van der Waals surface area contributed by atoms with Crippen molar-refractivity contribution < 1.29 is 22.8 Å². The van der Waals surface area contributed by atoms with Crippen LogP contribution in [0.3, 0.4) is 0 Å². The highest BCUT2D eigenvalue weighted by Gasteiger charge is 2.46. The summed E-state index contributed by atoms with van der Waals surface area (Å²) in [4.78, 5) is 21.6. The van der Waals surface area contributed by atoms with E-state index in [4.69, 9.17) is 21.2 Å². The van der Waals surface area contributed by atoms with Crippen molar-refractivity contribution in [1.82, 2.24) is 4.72 Å². The molecule has 1 spiro atoms. The molecule has 2 aromatic rings. The molecular weight excluding hydrogens is 562 g/mol. The lowest BCUT2D eigenvalue weighted by atomic mass is 9.68. The number of nitrogens with one attached hydrogen (secondary N) is 1. The fourth-order valence-electron chi connectivity index (χ4n) is 7.49. The zero-order valence-corrected chi connectivity index (χ0v) is 24.8. The summed E-state index contributed by atoms with van der Waals surface area (Å²) >= 11 is 6.39. The van der Waals surface area contributed by atoms with Gasteiger partial charge < -0.3 is 14.5 Å². The Morgan fingerprint density at radius 3 is 2.83 bits per heavy atom. The zero-order valence-electron chi connectivity index (χ0n) is 23.3. The molecule has 8 nitrogen and oxygen atoms in total. The third-order valence-electron chi connectivity index (χ3n) is 10.1. The second kappa shape index (κ2) is 10.2. The maximum Gasteiger partial charge on any atom is 0.264 e. The maximum absolute atomic E-state index is 13.3. The fraction of sp³-hybridized carbons (Fsp3) is 0.548. The lowest BCUT2D eigenvalue weighted by Crippen LogP contribution is -2.49. The number of hydrogen-bond acceptors (Lipinski definition) is 7. The van der Waals surface area contributed by atoms with Crippen molar-refractivity contribution in [2.45, 2.75) is 75.1 Å². The van der Waals surface area contributed by atoms with Gasteiger partial charge in [-0.3, -0.25) is 4.79 Å². The standard InChI is InChI=1S/C31H36ClN3O5S/c1-19-4-8-24-15-29(40-33-24)25-9-5-22(25)16-35-17-31(12-2-3-20-13-23(32)7-10-26(20)31)18-39-28-11-6-21(14-27(28)35)30(36)34-41(19,37)38/h6-7,10-11,13-14,19,22,25,29H,2-5,8-9,12,15-18H2,1H3,(H,34,36)/t19-,22+,25-,29+,31+/m1/s1. The van der Waals surface area contributed by atoms with Crippen LogP contribution in [0.5, 0.6) is 5.75 Å². The molecule has 10 heteroatoms. The second-order valence-corrected chi connectivity index (χ2v) is 15.2. The number of amides is 1. The minimum atomic E-state index is -3.87. The number of benzene rings is 2. The van der Waals surface area contributed by atoms with Gasteiger partial charge in [0.25, 0.3) is 5.91 Å². The van der Waals surface area contributed by atoms with Gasteiger partial charge in [0, 0.05) is 41.4 Å². The predicted molar refractivity (Wildman–Crippen MR) is 158 cm³/mol. The van der Waals surface area contributed by atoms with Gasteiger partial charge in [-0.05, 0) is 99.2 Å². The van der Waals surface area contributed by atoms with Gasteiger partial charge in [-0.25, -0.2) is 13.1 Å². The number of hydrogen-bond donors (Lipinski definition) is 1. The molecule has 7 rings (SSSR count). The van der Waals surface area contributed by atoms with Crippen LogP contribution in [-0.4, -0.2) is 51.1 Å². The smallest absolute Gasteiger partial charge is 0.264 e. The summed E-state index contributed by atoms with van der Waals surface area (Å²) < 4.78 is 35.0. The number of carbonyl (C=O) groups is 1. The number of nitrogens with zero attached hydrogens (tertiary/aromatic N) is 2. The summed E-state index contributed by atoms with van der Waals surface area (Å²) in [7, 11) is -3.87. The zero-order chi connectivity index (χ0) is 28.4. The van der Waals surface area contributed by atoms with Crippen LogP contribution < -0.4 is 14.4 Å². The molecule has 1 amide bonds. The molecule has 218 valence electrons. The predicted octanol–water partition coefficient (Wildman–Crippen LogP) is 5.23. The summed E-state index contributed by atoms with van der Waals surface area (Å²) in [6.45, 7) is 3.71. The molecule has 1 saturated carbocycles. The first-order valence-electron chi connectivity index (χ1n) is 14.8. The van der Waals surface area contributed by atoms with Crippen molar-refractivity contribution >= 4 is 38.9 Å². The summed E-state index contributed by atoms with van der Waals surface area (Å²) in [5, 5.41) is 4.36. The van der Waals surface area contributed by atoms with E-state index in [1.165, 1.54) is 11.1 Å². The number of oxime groups is 1. The van der Waals surface area contributed by atoms with Crippen LogP contribution in [0.15, 0.2) is 41.6 Å². The molecular formula is C31H36ClN3O5S. The van der Waals surface area contributed by atoms with Gasteiger partial charge in [-0.15, -0.1) is 0 Å². The summed E-state index contributed by atoms with van der Waals surface area (Å²) in [6, 6.07) is 11.5. The van der Waals surface area contributed by atoms with Crippen molar-refractivity contribution in [2.24, 2.45) is 17.0 Å². The number of fused-ring (bicyclic) bond motifs is 7. The fourth-order valence-corrected chi connectivity index (χ4v) is 8.69. The van der Waals surface area contributed by atoms with Crippen LogP contribution in [0.4, 0.5) is 5.69 Å². The molecule has 5 atom stereocenters. The van der Waals surface area contributed by atoms with Crippen molar-refractivity contribution in [3.8, 4) is 5.75 Å². The highest BCUT2D eigenvalue weighted by atomic mass is 35.5. The van der Waals surface area contributed by atoms with Gasteiger partial charge in [0.05, 0.1) is 23.3 Å². The Balaban J connectivity index is 1.29. The maximum atomic E-state index is 13.3. The molecule has 1 fully saturated rings. The van der Waals surface area contributed by atoms with E-state index in [-0.39, 0.29) is 11.5 Å². The van der Waals surface area contributed by atoms with Gasteiger partial charge in [0.2, 0.25) is 10.0 Å². The largest absolute Gasteiger partial charge is 0.490 e. The van der Waals surface area contributed by atoms with Gasteiger partial charge in [-0.1, -0.05) is 22.8 Å². The van der Waals surface area contributed by atoms with Crippen LogP contribution in [0.2, 0.25) is 5.02 Å². The highest BCUT2D eigenvalue weighted by molar-refractivity contribution is 7.90. The van der Waals surface area contributed by atoms with E-state index in [9.17, 15) is 13.2 Å². The minimum absolute atomic E-state index is 0.0313. The number of aryl methyl sites for hydroxylation is 1. The Morgan fingerprint density at radius 2 is 2.00 bits per heavy atom. The molecule has 0 aromatic heterocycles. The average Bonchev–Trinajstić information content (AvgIpc) is 3.32. The third-order valence-corrected chi connectivity index (χ3v) is 12.1. The number of halogens is 1. The Kier molecular flexibility index (Phi) is 6.73. The highest BCUT2D eigenvalue weighted by Crippen LogP contribution is 2.47. The molecule has 2 aliphatic carbocycles. The van der Waals surface area contributed by atoms with Gasteiger partial charge in [0.1, 0.15) is 11.9 Å². The number of carbonyl (C=O) groups excluding carboxylic acids is 1. The normalized spacial score (nSPS) is 32.3. The lowest BCUT2D eigenvalue weighted by Gasteiger charge is -2.45. The van der Waals surface area contributed by atoms with Crippen molar-refractivity contribution in [3.63, 3.8) is 0 Å².